The molecule has 1 amide bonds. The molecule has 0 aliphatic carbocycles. The first-order valence-electron chi connectivity index (χ1n) is 7.73. The highest BCUT2D eigenvalue weighted by Gasteiger charge is 2.16. The lowest BCUT2D eigenvalue weighted by molar-refractivity contribution is 0.0600. The summed E-state index contributed by atoms with van der Waals surface area (Å²) in [5, 5.41) is 4.80. The molecule has 1 aromatic heterocycles. The Bertz CT molecular complexity index is 916. The van der Waals surface area contributed by atoms with Crippen molar-refractivity contribution < 1.29 is 14.3 Å². The third kappa shape index (κ3) is 3.61. The van der Waals surface area contributed by atoms with Crippen LogP contribution in [0.5, 0.6) is 0 Å². The van der Waals surface area contributed by atoms with Crippen LogP contribution in [0.4, 0.5) is 5.69 Å². The van der Waals surface area contributed by atoms with Gasteiger partial charge in [-0.2, -0.15) is 0 Å². The molecule has 0 spiro atoms. The molecule has 0 aliphatic heterocycles. The summed E-state index contributed by atoms with van der Waals surface area (Å²) in [5.74, 6) is -0.629. The zero-order valence-corrected chi connectivity index (χ0v) is 14.7. The van der Waals surface area contributed by atoms with Gasteiger partial charge in [-0.15, -0.1) is 11.3 Å². The Morgan fingerprint density at radius 2 is 1.80 bits per heavy atom. The highest BCUT2D eigenvalue weighted by atomic mass is 32.1. The standard InChI is InChI=1S/C20H17NO3S/c1-13-8-9-15(20(23)24-2)12-17(13)21-19(22)18-16(10-11-25-18)14-6-4-3-5-7-14/h3-12H,1-2H3,(H,21,22). The molecule has 126 valence electrons. The summed E-state index contributed by atoms with van der Waals surface area (Å²) in [4.78, 5) is 25.1. The maximum absolute atomic E-state index is 12.8. The second-order valence-electron chi connectivity index (χ2n) is 5.50. The smallest absolute Gasteiger partial charge is 0.337 e. The highest BCUT2D eigenvalue weighted by Crippen LogP contribution is 2.29. The number of anilines is 1. The van der Waals surface area contributed by atoms with E-state index >= 15 is 0 Å². The first-order valence-corrected chi connectivity index (χ1v) is 8.61. The summed E-state index contributed by atoms with van der Waals surface area (Å²) in [6.45, 7) is 1.88. The number of nitrogens with one attached hydrogen (secondary N) is 1. The SMILES string of the molecule is COC(=O)c1ccc(C)c(NC(=O)c2sccc2-c2ccccc2)c1. The number of hydrogen-bond donors (Lipinski definition) is 1. The van der Waals surface area contributed by atoms with Crippen LogP contribution in [0.25, 0.3) is 11.1 Å². The molecule has 0 aliphatic rings. The van der Waals surface area contributed by atoms with Crippen LogP contribution >= 0.6 is 11.3 Å². The van der Waals surface area contributed by atoms with Crippen LogP contribution in [0.3, 0.4) is 0 Å². The van der Waals surface area contributed by atoms with E-state index < -0.39 is 5.97 Å². The maximum atomic E-state index is 12.8. The van der Waals surface area contributed by atoms with Crippen molar-refractivity contribution in [3.05, 3.63) is 76.0 Å². The molecule has 2 aromatic carbocycles. The van der Waals surface area contributed by atoms with E-state index in [-0.39, 0.29) is 5.91 Å². The molecule has 25 heavy (non-hydrogen) atoms. The van der Waals surface area contributed by atoms with E-state index in [4.69, 9.17) is 4.74 Å². The second-order valence-corrected chi connectivity index (χ2v) is 6.42. The van der Waals surface area contributed by atoms with E-state index in [1.807, 2.05) is 48.7 Å². The van der Waals surface area contributed by atoms with Crippen LogP contribution in [0.15, 0.2) is 60.0 Å². The summed E-state index contributed by atoms with van der Waals surface area (Å²) in [5.41, 5.74) is 3.76. The molecule has 0 saturated heterocycles. The fourth-order valence-corrected chi connectivity index (χ4v) is 3.32. The Hall–Kier alpha value is -2.92. The number of amides is 1. The van der Waals surface area contributed by atoms with Crippen molar-refractivity contribution in [1.29, 1.82) is 0 Å². The van der Waals surface area contributed by atoms with Gasteiger partial charge in [0.1, 0.15) is 0 Å². The van der Waals surface area contributed by atoms with Crippen molar-refractivity contribution in [2.75, 3.05) is 12.4 Å². The summed E-state index contributed by atoms with van der Waals surface area (Å²) in [7, 11) is 1.33. The topological polar surface area (TPSA) is 55.4 Å². The fraction of sp³-hybridized carbons (Fsp3) is 0.100. The predicted molar refractivity (Wildman–Crippen MR) is 100 cm³/mol. The molecule has 1 N–H and O–H groups in total. The molecule has 0 unspecified atom stereocenters. The van der Waals surface area contributed by atoms with Gasteiger partial charge in [-0.05, 0) is 41.6 Å². The van der Waals surface area contributed by atoms with Crippen molar-refractivity contribution in [2.45, 2.75) is 6.92 Å². The molecule has 3 rings (SSSR count). The van der Waals surface area contributed by atoms with Crippen LogP contribution in [-0.2, 0) is 4.74 Å². The fourth-order valence-electron chi connectivity index (χ4n) is 2.51. The van der Waals surface area contributed by atoms with Crippen molar-refractivity contribution in [2.24, 2.45) is 0 Å². The molecule has 0 atom stereocenters. The predicted octanol–water partition coefficient (Wildman–Crippen LogP) is 4.76. The van der Waals surface area contributed by atoms with Gasteiger partial charge in [-0.25, -0.2) is 4.79 Å². The number of methoxy groups -OCH3 is 1. The minimum absolute atomic E-state index is 0.195. The second kappa shape index (κ2) is 7.32. The van der Waals surface area contributed by atoms with E-state index in [9.17, 15) is 9.59 Å². The van der Waals surface area contributed by atoms with E-state index in [1.54, 1.807) is 18.2 Å². The molecule has 0 radical (unpaired) electrons. The monoisotopic (exact) mass is 351 g/mol. The lowest BCUT2D eigenvalue weighted by Crippen LogP contribution is -2.13. The minimum atomic E-state index is -0.434. The Morgan fingerprint density at radius 1 is 1.04 bits per heavy atom. The molecule has 0 saturated carbocycles. The van der Waals surface area contributed by atoms with Crippen molar-refractivity contribution in [3.63, 3.8) is 0 Å². The van der Waals surface area contributed by atoms with Crippen LogP contribution in [0, 0.1) is 6.92 Å². The van der Waals surface area contributed by atoms with Gasteiger partial charge in [-0.1, -0.05) is 36.4 Å². The Kier molecular flexibility index (Phi) is 4.95. The van der Waals surface area contributed by atoms with Gasteiger partial charge in [0.05, 0.1) is 17.6 Å². The number of ether oxygens (including phenoxy) is 1. The Balaban J connectivity index is 1.89. The number of hydrogen-bond acceptors (Lipinski definition) is 4. The largest absolute Gasteiger partial charge is 0.465 e. The number of aryl methyl sites for hydroxylation is 1. The van der Waals surface area contributed by atoms with E-state index in [2.05, 4.69) is 5.32 Å². The molecule has 3 aromatic rings. The van der Waals surface area contributed by atoms with Gasteiger partial charge in [0.15, 0.2) is 0 Å². The van der Waals surface area contributed by atoms with Crippen LogP contribution < -0.4 is 5.32 Å². The molecule has 0 fully saturated rings. The van der Waals surface area contributed by atoms with E-state index in [0.29, 0.717) is 16.1 Å². The number of benzene rings is 2. The van der Waals surface area contributed by atoms with Gasteiger partial charge >= 0.3 is 5.97 Å². The van der Waals surface area contributed by atoms with E-state index in [1.165, 1.54) is 18.4 Å². The lowest BCUT2D eigenvalue weighted by atomic mass is 10.1. The maximum Gasteiger partial charge on any atom is 0.337 e. The third-order valence-electron chi connectivity index (χ3n) is 3.86. The molecule has 0 bridgehead atoms. The summed E-state index contributed by atoms with van der Waals surface area (Å²) < 4.78 is 4.74. The minimum Gasteiger partial charge on any atom is -0.465 e. The Labute approximate surface area is 150 Å². The number of esters is 1. The summed E-state index contributed by atoms with van der Waals surface area (Å²) >= 11 is 1.39. The average Bonchev–Trinajstić information content (AvgIpc) is 3.13. The van der Waals surface area contributed by atoms with Crippen LogP contribution in [-0.4, -0.2) is 19.0 Å². The number of carbonyl (C=O) groups excluding carboxylic acids is 2. The highest BCUT2D eigenvalue weighted by molar-refractivity contribution is 7.12. The molecule has 5 heteroatoms. The summed E-state index contributed by atoms with van der Waals surface area (Å²) in [6, 6.07) is 16.8. The quantitative estimate of drug-likeness (QED) is 0.689. The molecule has 1 heterocycles. The van der Waals surface area contributed by atoms with E-state index in [0.717, 1.165) is 16.7 Å². The molecule has 4 nitrogen and oxygen atoms in total. The first kappa shape index (κ1) is 16.9. The van der Waals surface area contributed by atoms with Crippen molar-refractivity contribution in [1.82, 2.24) is 0 Å². The lowest BCUT2D eigenvalue weighted by Gasteiger charge is -2.10. The normalized spacial score (nSPS) is 10.3. The van der Waals surface area contributed by atoms with Crippen LogP contribution in [0.2, 0.25) is 0 Å². The molecular weight excluding hydrogens is 334 g/mol. The van der Waals surface area contributed by atoms with Crippen LogP contribution in [0.1, 0.15) is 25.6 Å². The van der Waals surface area contributed by atoms with Gasteiger partial charge in [0.25, 0.3) is 5.91 Å². The van der Waals surface area contributed by atoms with Crippen molar-refractivity contribution in [3.8, 4) is 11.1 Å². The Morgan fingerprint density at radius 3 is 2.52 bits per heavy atom. The average molecular weight is 351 g/mol. The van der Waals surface area contributed by atoms with Gasteiger partial charge in [-0.3, -0.25) is 4.79 Å². The third-order valence-corrected chi connectivity index (χ3v) is 4.78. The van der Waals surface area contributed by atoms with Gasteiger partial charge in [0.2, 0.25) is 0 Å². The van der Waals surface area contributed by atoms with Crippen molar-refractivity contribution >= 4 is 28.9 Å². The van der Waals surface area contributed by atoms with Gasteiger partial charge < -0.3 is 10.1 Å². The first-order chi connectivity index (χ1) is 12.1. The number of thiophene rings is 1. The number of rotatable bonds is 4. The zero-order chi connectivity index (χ0) is 17.8. The van der Waals surface area contributed by atoms with Gasteiger partial charge in [0, 0.05) is 11.3 Å². The molecular formula is C20H17NO3S. The zero-order valence-electron chi connectivity index (χ0n) is 13.9. The summed E-state index contributed by atoms with van der Waals surface area (Å²) in [6.07, 6.45) is 0. The number of carbonyl (C=O) groups is 2.